The number of carboxylic acid groups (broad SMARTS) is 1. The van der Waals surface area contributed by atoms with Gasteiger partial charge in [-0.1, -0.05) is 44.2 Å². The van der Waals surface area contributed by atoms with Crippen molar-refractivity contribution < 1.29 is 24.3 Å². The predicted molar refractivity (Wildman–Crippen MR) is 145 cm³/mol. The van der Waals surface area contributed by atoms with Crippen molar-refractivity contribution in [1.29, 1.82) is 0 Å². The van der Waals surface area contributed by atoms with Gasteiger partial charge in [0.15, 0.2) is 5.96 Å². The minimum absolute atomic E-state index is 0.0119. The summed E-state index contributed by atoms with van der Waals surface area (Å²) in [7, 11) is 0. The molecule has 0 aliphatic heterocycles. The minimum Gasteiger partial charge on any atom is -0.480 e. The fraction of sp³-hybridized carbons (Fsp3) is 0.542. The highest BCUT2D eigenvalue weighted by atomic mass is 32.1. The molecule has 206 valence electrons. The summed E-state index contributed by atoms with van der Waals surface area (Å²) < 4.78 is 0. The van der Waals surface area contributed by atoms with Crippen LogP contribution in [0.4, 0.5) is 0 Å². The number of amides is 3. The molecule has 0 bridgehead atoms. The van der Waals surface area contributed by atoms with E-state index >= 15 is 0 Å². The number of rotatable bonds is 16. The molecule has 1 aromatic carbocycles. The molecule has 4 atom stereocenters. The van der Waals surface area contributed by atoms with Gasteiger partial charge >= 0.3 is 5.97 Å². The van der Waals surface area contributed by atoms with E-state index in [1.807, 2.05) is 19.9 Å². The van der Waals surface area contributed by atoms with Gasteiger partial charge in [-0.15, -0.1) is 0 Å². The molecule has 4 unspecified atom stereocenters. The van der Waals surface area contributed by atoms with E-state index in [0.717, 1.165) is 5.56 Å². The number of nitrogens with zero attached hydrogens (tertiary/aromatic N) is 1. The van der Waals surface area contributed by atoms with Crippen molar-refractivity contribution in [3.8, 4) is 0 Å². The lowest BCUT2D eigenvalue weighted by molar-refractivity contribution is -0.142. The number of carboxylic acids is 1. The molecular weight excluding hydrogens is 498 g/mol. The van der Waals surface area contributed by atoms with Gasteiger partial charge in [0.1, 0.15) is 18.1 Å². The highest BCUT2D eigenvalue weighted by Crippen LogP contribution is 2.09. The van der Waals surface area contributed by atoms with E-state index in [1.165, 1.54) is 0 Å². The maximum absolute atomic E-state index is 13.3. The highest BCUT2D eigenvalue weighted by molar-refractivity contribution is 7.80. The van der Waals surface area contributed by atoms with Crippen LogP contribution in [-0.2, 0) is 25.6 Å². The van der Waals surface area contributed by atoms with E-state index < -0.39 is 47.9 Å². The summed E-state index contributed by atoms with van der Waals surface area (Å²) in [5.74, 6) is -3.06. The summed E-state index contributed by atoms with van der Waals surface area (Å²) in [4.78, 5) is 54.4. The van der Waals surface area contributed by atoms with E-state index in [2.05, 4.69) is 33.6 Å². The second kappa shape index (κ2) is 16.4. The van der Waals surface area contributed by atoms with Gasteiger partial charge in [0.2, 0.25) is 17.7 Å². The summed E-state index contributed by atoms with van der Waals surface area (Å²) in [5, 5.41) is 17.3. The van der Waals surface area contributed by atoms with Gasteiger partial charge in [-0.25, -0.2) is 4.79 Å². The zero-order valence-corrected chi connectivity index (χ0v) is 22.1. The molecule has 3 amide bonds. The molecule has 0 saturated carbocycles. The Labute approximate surface area is 222 Å². The molecule has 0 aromatic heterocycles. The van der Waals surface area contributed by atoms with Crippen LogP contribution in [0.15, 0.2) is 35.3 Å². The van der Waals surface area contributed by atoms with Crippen molar-refractivity contribution in [2.45, 2.75) is 63.7 Å². The number of hydrogen-bond donors (Lipinski definition) is 8. The molecule has 0 spiro atoms. The van der Waals surface area contributed by atoms with Gasteiger partial charge in [0, 0.05) is 18.7 Å². The average molecular weight is 538 g/mol. The molecule has 13 heteroatoms. The van der Waals surface area contributed by atoms with Crippen LogP contribution in [0.5, 0.6) is 0 Å². The number of carbonyl (C=O) groups is 4. The molecule has 37 heavy (non-hydrogen) atoms. The molecule has 0 radical (unpaired) electrons. The summed E-state index contributed by atoms with van der Waals surface area (Å²) in [6.45, 7) is 3.88. The highest BCUT2D eigenvalue weighted by Gasteiger charge is 2.30. The third kappa shape index (κ3) is 12.5. The number of benzene rings is 1. The van der Waals surface area contributed by atoms with Crippen LogP contribution in [-0.4, -0.2) is 71.2 Å². The Hall–Kier alpha value is -3.32. The molecule has 0 aliphatic carbocycles. The first-order valence-corrected chi connectivity index (χ1v) is 12.7. The van der Waals surface area contributed by atoms with Crippen molar-refractivity contribution in [3.63, 3.8) is 0 Å². The maximum atomic E-state index is 13.3. The van der Waals surface area contributed by atoms with Crippen LogP contribution < -0.4 is 33.2 Å². The van der Waals surface area contributed by atoms with Gasteiger partial charge in [0.05, 0.1) is 6.04 Å². The third-order valence-corrected chi connectivity index (χ3v) is 5.74. The normalized spacial score (nSPS) is 14.1. The SMILES string of the molecule is CC(C)CC(NC(=O)C(CCCN=C(N)N)NC(=O)C(Cc1ccccc1)NC(=O)C(N)CS)C(=O)O. The zero-order valence-electron chi connectivity index (χ0n) is 21.2. The van der Waals surface area contributed by atoms with Crippen molar-refractivity contribution in [3.05, 3.63) is 35.9 Å². The monoisotopic (exact) mass is 537 g/mol. The van der Waals surface area contributed by atoms with Crippen molar-refractivity contribution >= 4 is 42.3 Å². The number of hydrogen-bond acceptors (Lipinski definition) is 7. The molecule has 10 N–H and O–H groups in total. The lowest BCUT2D eigenvalue weighted by Gasteiger charge is -2.25. The first kappa shape index (κ1) is 31.7. The maximum Gasteiger partial charge on any atom is 0.326 e. The molecule has 1 rings (SSSR count). The smallest absolute Gasteiger partial charge is 0.326 e. The molecule has 12 nitrogen and oxygen atoms in total. The fourth-order valence-electron chi connectivity index (χ4n) is 3.43. The Morgan fingerprint density at radius 3 is 2.05 bits per heavy atom. The largest absolute Gasteiger partial charge is 0.480 e. The second-order valence-corrected chi connectivity index (χ2v) is 9.44. The topological polar surface area (TPSA) is 215 Å². The number of nitrogens with one attached hydrogen (secondary N) is 3. The van der Waals surface area contributed by atoms with Gasteiger partial charge < -0.3 is 38.3 Å². The van der Waals surface area contributed by atoms with E-state index in [-0.39, 0.29) is 43.4 Å². The van der Waals surface area contributed by atoms with E-state index in [0.29, 0.717) is 6.42 Å². The number of nitrogens with two attached hydrogens (primary N) is 3. The zero-order chi connectivity index (χ0) is 28.0. The standard InChI is InChI=1S/C24H39N7O5S/c1-14(2)11-19(23(35)36)31-21(33)17(9-6-10-28-24(26)27)29-22(34)18(30-20(32)16(25)13-37)12-15-7-4-3-5-8-15/h3-5,7-8,14,16-19,37H,6,9-13,25H2,1-2H3,(H,29,34)(H,30,32)(H,31,33)(H,35,36)(H4,26,27,28). The third-order valence-electron chi connectivity index (χ3n) is 5.35. The van der Waals surface area contributed by atoms with Gasteiger partial charge in [-0.05, 0) is 30.7 Å². The number of aliphatic imine (C=N–C) groups is 1. The summed E-state index contributed by atoms with van der Waals surface area (Å²) in [5.41, 5.74) is 17.2. The summed E-state index contributed by atoms with van der Waals surface area (Å²) >= 11 is 4.03. The van der Waals surface area contributed by atoms with Crippen molar-refractivity contribution in [2.75, 3.05) is 12.3 Å². The molecular formula is C24H39N7O5S. The predicted octanol–water partition coefficient (Wildman–Crippen LogP) is -0.875. The van der Waals surface area contributed by atoms with Crippen molar-refractivity contribution in [2.24, 2.45) is 28.1 Å². The second-order valence-electron chi connectivity index (χ2n) is 9.08. The lowest BCUT2D eigenvalue weighted by atomic mass is 10.0. The first-order chi connectivity index (χ1) is 17.4. The fourth-order valence-corrected chi connectivity index (χ4v) is 3.60. The number of guanidine groups is 1. The van der Waals surface area contributed by atoms with Crippen LogP contribution in [0, 0.1) is 5.92 Å². The van der Waals surface area contributed by atoms with Crippen LogP contribution in [0.3, 0.4) is 0 Å². The van der Waals surface area contributed by atoms with Gasteiger partial charge in [-0.2, -0.15) is 12.6 Å². The number of aliphatic carboxylic acids is 1. The molecule has 0 fully saturated rings. The minimum atomic E-state index is -1.18. The average Bonchev–Trinajstić information content (AvgIpc) is 2.84. The molecule has 0 heterocycles. The van der Waals surface area contributed by atoms with E-state index in [4.69, 9.17) is 17.2 Å². The summed E-state index contributed by atoms with van der Waals surface area (Å²) in [6, 6.07) is 4.82. The van der Waals surface area contributed by atoms with Crippen LogP contribution in [0.25, 0.3) is 0 Å². The first-order valence-electron chi connectivity index (χ1n) is 12.0. The van der Waals surface area contributed by atoms with Gasteiger partial charge in [0.25, 0.3) is 0 Å². The Bertz CT molecular complexity index is 925. The molecule has 1 aromatic rings. The number of carbonyl (C=O) groups excluding carboxylic acids is 3. The molecule has 0 aliphatic rings. The lowest BCUT2D eigenvalue weighted by Crippen LogP contribution is -2.57. The molecule has 0 saturated heterocycles. The summed E-state index contributed by atoms with van der Waals surface area (Å²) in [6.07, 6.45) is 0.818. The Morgan fingerprint density at radius 1 is 0.946 bits per heavy atom. The van der Waals surface area contributed by atoms with Gasteiger partial charge in [-0.3, -0.25) is 19.4 Å². The Kier molecular flexibility index (Phi) is 14.1. The number of thiol groups is 1. The van der Waals surface area contributed by atoms with Crippen LogP contribution >= 0.6 is 12.6 Å². The van der Waals surface area contributed by atoms with Crippen LogP contribution in [0.1, 0.15) is 38.7 Å². The Balaban J connectivity index is 3.12. The van der Waals surface area contributed by atoms with E-state index in [9.17, 15) is 24.3 Å². The van der Waals surface area contributed by atoms with E-state index in [1.54, 1.807) is 24.3 Å². The van der Waals surface area contributed by atoms with Crippen molar-refractivity contribution in [1.82, 2.24) is 16.0 Å². The Morgan fingerprint density at radius 2 is 1.51 bits per heavy atom. The van der Waals surface area contributed by atoms with Crippen LogP contribution in [0.2, 0.25) is 0 Å². The quantitative estimate of drug-likeness (QED) is 0.0572.